The van der Waals surface area contributed by atoms with E-state index >= 15 is 0 Å². The fourth-order valence-electron chi connectivity index (χ4n) is 2.66. The third-order valence-electron chi connectivity index (χ3n) is 3.81. The first-order valence-electron chi connectivity index (χ1n) is 7.02. The fraction of sp³-hybridized carbons (Fsp3) is 0.467. The Balaban J connectivity index is 1.46. The molecule has 1 aliphatic rings. The summed E-state index contributed by atoms with van der Waals surface area (Å²) in [7, 11) is 0. The lowest BCUT2D eigenvalue weighted by molar-refractivity contribution is -0.132. The van der Waals surface area contributed by atoms with Gasteiger partial charge in [-0.15, -0.1) is 22.7 Å². The van der Waals surface area contributed by atoms with Gasteiger partial charge in [0, 0.05) is 41.9 Å². The van der Waals surface area contributed by atoms with Crippen LogP contribution in [0.3, 0.4) is 0 Å². The Morgan fingerprint density at radius 3 is 2.80 bits per heavy atom. The number of hydrogen-bond acceptors (Lipinski definition) is 4. The van der Waals surface area contributed by atoms with E-state index in [9.17, 15) is 4.79 Å². The van der Waals surface area contributed by atoms with Gasteiger partial charge >= 0.3 is 0 Å². The molecule has 0 bridgehead atoms. The van der Waals surface area contributed by atoms with Crippen LogP contribution in [0.2, 0.25) is 0 Å². The molecule has 1 amide bonds. The Kier molecular flexibility index (Phi) is 4.47. The number of nitrogens with zero attached hydrogens (tertiary/aromatic N) is 2. The monoisotopic (exact) mass is 306 g/mol. The van der Waals surface area contributed by atoms with E-state index < -0.39 is 0 Å². The zero-order valence-electron chi connectivity index (χ0n) is 11.3. The van der Waals surface area contributed by atoms with Gasteiger partial charge in [0.15, 0.2) is 0 Å². The minimum atomic E-state index is 0.302. The van der Waals surface area contributed by atoms with Crippen molar-refractivity contribution >= 4 is 28.6 Å². The molecule has 5 heteroatoms. The summed E-state index contributed by atoms with van der Waals surface area (Å²) in [5.74, 6) is 0.854. The van der Waals surface area contributed by atoms with Crippen molar-refractivity contribution in [3.05, 3.63) is 39.0 Å². The number of carbonyl (C=O) groups is 1. The Labute approximate surface area is 127 Å². The van der Waals surface area contributed by atoms with Crippen LogP contribution in [0.1, 0.15) is 35.1 Å². The van der Waals surface area contributed by atoms with E-state index in [0.29, 0.717) is 18.2 Å². The first kappa shape index (κ1) is 13.8. The molecule has 20 heavy (non-hydrogen) atoms. The molecule has 3 rings (SSSR count). The summed E-state index contributed by atoms with van der Waals surface area (Å²) in [6.45, 7) is 1.76. The third-order valence-corrected chi connectivity index (χ3v) is 5.69. The van der Waals surface area contributed by atoms with Crippen LogP contribution in [0.4, 0.5) is 0 Å². The van der Waals surface area contributed by atoms with Crippen LogP contribution in [-0.4, -0.2) is 28.9 Å². The van der Waals surface area contributed by atoms with Gasteiger partial charge in [-0.25, -0.2) is 4.98 Å². The average molecular weight is 306 g/mol. The molecular weight excluding hydrogens is 288 g/mol. The zero-order valence-corrected chi connectivity index (χ0v) is 13.0. The fourth-order valence-corrected chi connectivity index (χ4v) is 4.17. The van der Waals surface area contributed by atoms with E-state index in [0.717, 1.165) is 32.4 Å². The number of hydrogen-bond donors (Lipinski definition) is 0. The second-order valence-electron chi connectivity index (χ2n) is 5.10. The van der Waals surface area contributed by atoms with Gasteiger partial charge in [-0.3, -0.25) is 4.79 Å². The maximum atomic E-state index is 12.2. The minimum absolute atomic E-state index is 0.302. The van der Waals surface area contributed by atoms with Gasteiger partial charge in [-0.2, -0.15) is 0 Å². The molecule has 0 saturated carbocycles. The Morgan fingerprint density at radius 1 is 1.30 bits per heavy atom. The molecule has 0 radical (unpaired) electrons. The summed E-state index contributed by atoms with van der Waals surface area (Å²) in [6, 6.07) is 4.15. The van der Waals surface area contributed by atoms with E-state index in [2.05, 4.69) is 16.4 Å². The molecule has 0 aromatic carbocycles. The number of aryl methyl sites for hydroxylation is 1. The van der Waals surface area contributed by atoms with Crippen LogP contribution in [0.5, 0.6) is 0 Å². The van der Waals surface area contributed by atoms with Crippen molar-refractivity contribution in [1.29, 1.82) is 0 Å². The standard InChI is InChI=1S/C15H18N2OS2/c18-14(4-3-13-2-1-10-19-13)17-8-5-12(6-9-17)15-16-7-11-20-15/h1-2,7,10-12H,3-6,8-9H2. The molecule has 1 aliphatic heterocycles. The van der Waals surface area contributed by atoms with Gasteiger partial charge in [-0.05, 0) is 30.7 Å². The van der Waals surface area contributed by atoms with Crippen molar-refractivity contribution in [3.63, 3.8) is 0 Å². The summed E-state index contributed by atoms with van der Waals surface area (Å²) < 4.78 is 0. The highest BCUT2D eigenvalue weighted by atomic mass is 32.1. The number of likely N-dealkylation sites (tertiary alicyclic amines) is 1. The summed E-state index contributed by atoms with van der Waals surface area (Å²) in [4.78, 5) is 19.9. The summed E-state index contributed by atoms with van der Waals surface area (Å²) in [6.07, 6.45) is 5.50. The molecule has 3 nitrogen and oxygen atoms in total. The summed E-state index contributed by atoms with van der Waals surface area (Å²) in [5, 5.41) is 5.34. The van der Waals surface area contributed by atoms with Crippen LogP contribution >= 0.6 is 22.7 Å². The van der Waals surface area contributed by atoms with Gasteiger partial charge in [-0.1, -0.05) is 6.07 Å². The van der Waals surface area contributed by atoms with Crippen molar-refractivity contribution in [3.8, 4) is 0 Å². The lowest BCUT2D eigenvalue weighted by atomic mass is 9.97. The molecular formula is C15H18N2OS2. The quantitative estimate of drug-likeness (QED) is 0.865. The van der Waals surface area contributed by atoms with Crippen LogP contribution in [0.15, 0.2) is 29.1 Å². The third kappa shape index (κ3) is 3.27. The van der Waals surface area contributed by atoms with Crippen molar-refractivity contribution in [2.24, 2.45) is 0 Å². The van der Waals surface area contributed by atoms with Crippen LogP contribution in [0.25, 0.3) is 0 Å². The maximum Gasteiger partial charge on any atom is 0.222 e. The second kappa shape index (κ2) is 6.50. The van der Waals surface area contributed by atoms with Gasteiger partial charge in [0.25, 0.3) is 0 Å². The van der Waals surface area contributed by atoms with Crippen molar-refractivity contribution < 1.29 is 4.79 Å². The number of carbonyl (C=O) groups excluding carboxylic acids is 1. The largest absolute Gasteiger partial charge is 0.343 e. The number of thiophene rings is 1. The summed E-state index contributed by atoms with van der Waals surface area (Å²) >= 11 is 3.47. The predicted octanol–water partition coefficient (Wildman–Crippen LogP) is 3.54. The van der Waals surface area contributed by atoms with Gasteiger partial charge in [0.05, 0.1) is 5.01 Å². The molecule has 0 unspecified atom stereocenters. The van der Waals surface area contributed by atoms with Crippen molar-refractivity contribution in [2.45, 2.75) is 31.6 Å². The van der Waals surface area contributed by atoms with E-state index in [4.69, 9.17) is 0 Å². The van der Waals surface area contributed by atoms with Crippen molar-refractivity contribution in [2.75, 3.05) is 13.1 Å². The summed E-state index contributed by atoms with van der Waals surface area (Å²) in [5.41, 5.74) is 0. The molecule has 0 aliphatic carbocycles. The molecule has 1 fully saturated rings. The Hall–Kier alpha value is -1.20. The van der Waals surface area contributed by atoms with Crippen LogP contribution in [0, 0.1) is 0 Å². The maximum absolute atomic E-state index is 12.2. The number of rotatable bonds is 4. The lowest BCUT2D eigenvalue weighted by Crippen LogP contribution is -2.38. The number of amides is 1. The van der Waals surface area contributed by atoms with E-state index in [1.54, 1.807) is 22.7 Å². The molecule has 3 heterocycles. The smallest absolute Gasteiger partial charge is 0.222 e. The number of thiazole rings is 1. The van der Waals surface area contributed by atoms with Gasteiger partial charge in [0.1, 0.15) is 0 Å². The molecule has 1 saturated heterocycles. The second-order valence-corrected chi connectivity index (χ2v) is 7.06. The predicted molar refractivity (Wildman–Crippen MR) is 83.3 cm³/mol. The van der Waals surface area contributed by atoms with E-state index in [1.165, 1.54) is 9.88 Å². The molecule has 0 N–H and O–H groups in total. The Morgan fingerprint density at radius 2 is 2.15 bits per heavy atom. The first-order valence-corrected chi connectivity index (χ1v) is 8.78. The molecule has 0 atom stereocenters. The number of piperidine rings is 1. The van der Waals surface area contributed by atoms with Crippen LogP contribution in [-0.2, 0) is 11.2 Å². The SMILES string of the molecule is O=C(CCc1cccs1)N1CCC(c2nccs2)CC1. The van der Waals surface area contributed by atoms with Gasteiger partial charge in [0.2, 0.25) is 5.91 Å². The highest BCUT2D eigenvalue weighted by molar-refractivity contribution is 7.10. The first-order chi connectivity index (χ1) is 9.83. The lowest BCUT2D eigenvalue weighted by Gasteiger charge is -2.31. The van der Waals surface area contributed by atoms with Gasteiger partial charge < -0.3 is 4.90 Å². The van der Waals surface area contributed by atoms with E-state index in [-0.39, 0.29) is 0 Å². The molecule has 2 aromatic heterocycles. The van der Waals surface area contributed by atoms with Crippen LogP contribution < -0.4 is 0 Å². The molecule has 0 spiro atoms. The molecule has 106 valence electrons. The number of aromatic nitrogens is 1. The Bertz CT molecular complexity index is 528. The zero-order chi connectivity index (χ0) is 13.8. The average Bonchev–Trinajstić information content (AvgIpc) is 3.18. The molecule has 2 aromatic rings. The topological polar surface area (TPSA) is 33.2 Å². The normalized spacial score (nSPS) is 16.5. The highest BCUT2D eigenvalue weighted by Gasteiger charge is 2.24. The van der Waals surface area contributed by atoms with Crippen molar-refractivity contribution in [1.82, 2.24) is 9.88 Å². The minimum Gasteiger partial charge on any atom is -0.343 e. The highest BCUT2D eigenvalue weighted by Crippen LogP contribution is 2.29. The van der Waals surface area contributed by atoms with E-state index in [1.807, 2.05) is 22.5 Å².